The van der Waals surface area contributed by atoms with Gasteiger partial charge in [0.15, 0.2) is 0 Å². The van der Waals surface area contributed by atoms with E-state index in [0.717, 1.165) is 0 Å². The number of carboxylic acids is 4. The Morgan fingerprint density at radius 1 is 0.686 bits per heavy atom. The first-order valence-electron chi connectivity index (χ1n) is 10.3. The average Bonchev–Trinajstić information content (AvgIpc) is 2.75. The molecule has 0 aromatic carbocycles. The minimum absolute atomic E-state index is 0.0494. The van der Waals surface area contributed by atoms with Crippen molar-refractivity contribution in [2.24, 2.45) is 5.73 Å². The van der Waals surface area contributed by atoms with Crippen molar-refractivity contribution in [1.29, 1.82) is 0 Å². The zero-order chi connectivity index (χ0) is 27.1. The van der Waals surface area contributed by atoms with Crippen LogP contribution in [0.3, 0.4) is 0 Å². The smallest absolute Gasteiger partial charge is 0.326 e. The predicted molar refractivity (Wildman–Crippen MR) is 120 cm³/mol. The standard InChI is InChI=1S/C19H30N4O11S/c1-35-7-6-11(19(33)34)22-17(31)10(3-5-14(26)27)21-18(32)12(8-15(28)29)23-16(30)9(20)2-4-13(24)25/h9-12H,2-8,20H2,1H3,(H,21,32)(H,22,31)(H,23,30)(H,24,25)(H,26,27)(H,28,29)(H,33,34). The maximum Gasteiger partial charge on any atom is 0.326 e. The third-order valence-corrected chi connectivity index (χ3v) is 5.17. The van der Waals surface area contributed by atoms with Gasteiger partial charge in [0, 0.05) is 12.8 Å². The molecule has 198 valence electrons. The minimum Gasteiger partial charge on any atom is -0.481 e. The van der Waals surface area contributed by atoms with E-state index in [4.69, 9.17) is 21.1 Å². The van der Waals surface area contributed by atoms with Crippen LogP contribution in [0.25, 0.3) is 0 Å². The summed E-state index contributed by atoms with van der Waals surface area (Å²) in [7, 11) is 0. The van der Waals surface area contributed by atoms with E-state index in [1.165, 1.54) is 11.8 Å². The fraction of sp³-hybridized carbons (Fsp3) is 0.632. The van der Waals surface area contributed by atoms with Gasteiger partial charge >= 0.3 is 23.9 Å². The van der Waals surface area contributed by atoms with Gasteiger partial charge in [0.05, 0.1) is 12.5 Å². The summed E-state index contributed by atoms with van der Waals surface area (Å²) in [6.07, 6.45) is -0.941. The topological polar surface area (TPSA) is 263 Å². The van der Waals surface area contributed by atoms with E-state index < -0.39 is 91.4 Å². The highest BCUT2D eigenvalue weighted by Crippen LogP contribution is 2.06. The highest BCUT2D eigenvalue weighted by molar-refractivity contribution is 7.98. The van der Waals surface area contributed by atoms with Gasteiger partial charge in [0.25, 0.3) is 0 Å². The Hall–Kier alpha value is -3.40. The van der Waals surface area contributed by atoms with Crippen LogP contribution in [0.2, 0.25) is 0 Å². The van der Waals surface area contributed by atoms with Gasteiger partial charge in [-0.2, -0.15) is 11.8 Å². The van der Waals surface area contributed by atoms with Crippen LogP contribution in [-0.4, -0.2) is 98.2 Å². The Balaban J connectivity index is 5.54. The number of amides is 3. The van der Waals surface area contributed by atoms with E-state index in [9.17, 15) is 38.7 Å². The van der Waals surface area contributed by atoms with Gasteiger partial charge in [-0.3, -0.25) is 28.8 Å². The third kappa shape index (κ3) is 13.8. The number of aliphatic carboxylic acids is 4. The van der Waals surface area contributed by atoms with Crippen molar-refractivity contribution >= 4 is 53.4 Å². The van der Waals surface area contributed by atoms with Gasteiger partial charge in [0.2, 0.25) is 17.7 Å². The minimum atomic E-state index is -1.73. The van der Waals surface area contributed by atoms with Crippen LogP contribution in [-0.2, 0) is 33.6 Å². The molecule has 0 aliphatic heterocycles. The second-order valence-electron chi connectivity index (χ2n) is 7.37. The molecule has 0 spiro atoms. The molecule has 0 aliphatic carbocycles. The highest BCUT2D eigenvalue weighted by Gasteiger charge is 2.31. The first-order valence-corrected chi connectivity index (χ1v) is 11.7. The molecular formula is C19H30N4O11S. The van der Waals surface area contributed by atoms with Crippen molar-refractivity contribution in [3.63, 3.8) is 0 Å². The van der Waals surface area contributed by atoms with Crippen molar-refractivity contribution < 1.29 is 54.0 Å². The maximum atomic E-state index is 12.7. The molecule has 0 fully saturated rings. The monoisotopic (exact) mass is 522 g/mol. The van der Waals surface area contributed by atoms with Crippen LogP contribution in [0, 0.1) is 0 Å². The van der Waals surface area contributed by atoms with E-state index in [1.54, 1.807) is 6.26 Å². The van der Waals surface area contributed by atoms with Gasteiger partial charge < -0.3 is 42.1 Å². The summed E-state index contributed by atoms with van der Waals surface area (Å²) < 4.78 is 0. The molecule has 0 bridgehead atoms. The van der Waals surface area contributed by atoms with Crippen LogP contribution in [0.15, 0.2) is 0 Å². The largest absolute Gasteiger partial charge is 0.481 e. The van der Waals surface area contributed by atoms with Gasteiger partial charge in [-0.15, -0.1) is 0 Å². The lowest BCUT2D eigenvalue weighted by Crippen LogP contribution is -2.57. The number of thioether (sulfide) groups is 1. The molecule has 0 aliphatic rings. The van der Waals surface area contributed by atoms with E-state index in [1.807, 2.05) is 0 Å². The Morgan fingerprint density at radius 2 is 1.17 bits per heavy atom. The molecule has 0 radical (unpaired) electrons. The van der Waals surface area contributed by atoms with Crippen molar-refractivity contribution in [3.8, 4) is 0 Å². The summed E-state index contributed by atoms with van der Waals surface area (Å²) in [5.41, 5.74) is 5.56. The Bertz CT molecular complexity index is 808. The maximum absolute atomic E-state index is 12.7. The first-order chi connectivity index (χ1) is 16.3. The Labute approximate surface area is 204 Å². The summed E-state index contributed by atoms with van der Waals surface area (Å²) in [6, 6.07) is -5.97. The zero-order valence-corrected chi connectivity index (χ0v) is 19.7. The van der Waals surface area contributed by atoms with E-state index in [-0.39, 0.29) is 12.8 Å². The number of carboxylic acid groups (broad SMARTS) is 4. The number of nitrogens with one attached hydrogen (secondary N) is 3. The summed E-state index contributed by atoms with van der Waals surface area (Å²) in [5.74, 6) is -8.17. The number of hydrogen-bond acceptors (Lipinski definition) is 9. The lowest BCUT2D eigenvalue weighted by atomic mass is 10.1. The van der Waals surface area contributed by atoms with Crippen molar-refractivity contribution in [1.82, 2.24) is 16.0 Å². The van der Waals surface area contributed by atoms with E-state index in [2.05, 4.69) is 16.0 Å². The van der Waals surface area contributed by atoms with Gasteiger partial charge in [0.1, 0.15) is 18.1 Å². The van der Waals surface area contributed by atoms with Crippen molar-refractivity contribution in [2.45, 2.75) is 62.7 Å². The van der Waals surface area contributed by atoms with Crippen LogP contribution in [0.1, 0.15) is 38.5 Å². The van der Waals surface area contributed by atoms with Gasteiger partial charge in [-0.05, 0) is 31.3 Å². The molecule has 9 N–H and O–H groups in total. The molecule has 3 amide bonds. The number of nitrogens with two attached hydrogens (primary N) is 1. The number of carbonyl (C=O) groups is 7. The fourth-order valence-corrected chi connectivity index (χ4v) is 3.12. The molecule has 0 heterocycles. The summed E-state index contributed by atoms with van der Waals surface area (Å²) >= 11 is 1.33. The molecular weight excluding hydrogens is 492 g/mol. The molecule has 4 atom stereocenters. The molecule has 0 rings (SSSR count). The normalized spacial score (nSPS) is 14.0. The zero-order valence-electron chi connectivity index (χ0n) is 18.9. The number of hydrogen-bond donors (Lipinski definition) is 8. The lowest BCUT2D eigenvalue weighted by Gasteiger charge is -2.24. The Kier molecular flexibility index (Phi) is 14.7. The van der Waals surface area contributed by atoms with Crippen LogP contribution >= 0.6 is 11.8 Å². The second-order valence-corrected chi connectivity index (χ2v) is 8.36. The highest BCUT2D eigenvalue weighted by atomic mass is 32.2. The molecule has 4 unspecified atom stereocenters. The number of carbonyl (C=O) groups excluding carboxylic acids is 3. The Morgan fingerprint density at radius 3 is 1.66 bits per heavy atom. The quantitative estimate of drug-likeness (QED) is 0.0952. The van der Waals surface area contributed by atoms with Crippen molar-refractivity contribution in [2.75, 3.05) is 12.0 Å². The summed E-state index contributed by atoms with van der Waals surface area (Å²) in [6.45, 7) is 0. The second kappa shape index (κ2) is 16.3. The average molecular weight is 523 g/mol. The lowest BCUT2D eigenvalue weighted by molar-refractivity contribution is -0.143. The summed E-state index contributed by atoms with van der Waals surface area (Å²) in [5, 5.41) is 42.4. The molecule has 0 aromatic heterocycles. The van der Waals surface area contributed by atoms with Crippen LogP contribution < -0.4 is 21.7 Å². The van der Waals surface area contributed by atoms with E-state index in [0.29, 0.717) is 5.75 Å². The van der Waals surface area contributed by atoms with E-state index >= 15 is 0 Å². The molecule has 15 nitrogen and oxygen atoms in total. The number of rotatable bonds is 18. The molecule has 16 heteroatoms. The molecule has 0 saturated heterocycles. The molecule has 0 saturated carbocycles. The van der Waals surface area contributed by atoms with Gasteiger partial charge in [-0.1, -0.05) is 0 Å². The van der Waals surface area contributed by atoms with Crippen molar-refractivity contribution in [3.05, 3.63) is 0 Å². The SMILES string of the molecule is CSCCC(NC(=O)C(CCC(=O)O)NC(=O)C(CC(=O)O)NC(=O)C(N)CCC(=O)O)C(=O)O. The van der Waals surface area contributed by atoms with Crippen LogP contribution in [0.5, 0.6) is 0 Å². The van der Waals surface area contributed by atoms with Crippen LogP contribution in [0.4, 0.5) is 0 Å². The first kappa shape index (κ1) is 31.6. The fourth-order valence-electron chi connectivity index (χ4n) is 2.65. The molecule has 35 heavy (non-hydrogen) atoms. The predicted octanol–water partition coefficient (Wildman–Crippen LogP) is -2.19. The third-order valence-electron chi connectivity index (χ3n) is 4.52. The molecule has 0 aromatic rings. The summed E-state index contributed by atoms with van der Waals surface area (Å²) in [4.78, 5) is 81.6. The van der Waals surface area contributed by atoms with Gasteiger partial charge in [-0.25, -0.2) is 4.79 Å².